The molecule has 112 valence electrons. The highest BCUT2D eigenvalue weighted by molar-refractivity contribution is 5.92. The lowest BCUT2D eigenvalue weighted by atomic mass is 9.75. The maximum Gasteiger partial charge on any atom is 0.360 e. The second kappa shape index (κ2) is 5.44. The van der Waals surface area contributed by atoms with E-state index >= 15 is 0 Å². The first kappa shape index (κ1) is 14.8. The quantitative estimate of drug-likeness (QED) is 0.823. The van der Waals surface area contributed by atoms with Gasteiger partial charge < -0.3 is 19.9 Å². The molecule has 1 aliphatic carbocycles. The molecular formula is C14H24N4O2. The fourth-order valence-corrected chi connectivity index (χ4v) is 2.83. The molecule has 1 aliphatic rings. The van der Waals surface area contributed by atoms with Crippen LogP contribution in [0.15, 0.2) is 0 Å². The summed E-state index contributed by atoms with van der Waals surface area (Å²) < 4.78 is 6.72. The van der Waals surface area contributed by atoms with Crippen LogP contribution in [0, 0.1) is 0 Å². The van der Waals surface area contributed by atoms with Gasteiger partial charge in [-0.2, -0.15) is 0 Å². The van der Waals surface area contributed by atoms with Crippen molar-refractivity contribution in [1.82, 2.24) is 14.5 Å². The number of imidazole rings is 1. The highest BCUT2D eigenvalue weighted by Crippen LogP contribution is 2.38. The Kier molecular flexibility index (Phi) is 4.04. The molecule has 0 radical (unpaired) electrons. The predicted octanol–water partition coefficient (Wildman–Crippen LogP) is 1.30. The molecule has 6 nitrogen and oxygen atoms in total. The number of aryl methyl sites for hydroxylation is 1. The molecule has 0 atom stereocenters. The molecule has 2 N–H and O–H groups in total. The number of aromatic nitrogens is 2. The van der Waals surface area contributed by atoms with Crippen LogP contribution in [0.5, 0.6) is 0 Å². The van der Waals surface area contributed by atoms with E-state index in [2.05, 4.69) is 24.0 Å². The molecule has 20 heavy (non-hydrogen) atoms. The zero-order valence-corrected chi connectivity index (χ0v) is 12.8. The topological polar surface area (TPSA) is 73.4 Å². The summed E-state index contributed by atoms with van der Waals surface area (Å²) in [5.74, 6) is 0.793. The number of nitrogen functional groups attached to an aromatic ring is 1. The molecule has 0 aliphatic heterocycles. The zero-order valence-electron chi connectivity index (χ0n) is 12.8. The molecule has 0 aromatic carbocycles. The molecule has 2 rings (SSSR count). The minimum atomic E-state index is -0.469. The van der Waals surface area contributed by atoms with Gasteiger partial charge >= 0.3 is 5.97 Å². The second-order valence-electron chi connectivity index (χ2n) is 5.67. The summed E-state index contributed by atoms with van der Waals surface area (Å²) in [5, 5.41) is 0. The Morgan fingerprint density at radius 3 is 2.55 bits per heavy atom. The molecule has 0 amide bonds. The van der Waals surface area contributed by atoms with Crippen molar-refractivity contribution < 1.29 is 9.53 Å². The van der Waals surface area contributed by atoms with Gasteiger partial charge in [0.25, 0.3) is 0 Å². The van der Waals surface area contributed by atoms with Gasteiger partial charge in [0.15, 0.2) is 5.69 Å². The van der Waals surface area contributed by atoms with Gasteiger partial charge in [-0.15, -0.1) is 0 Å². The van der Waals surface area contributed by atoms with Crippen molar-refractivity contribution >= 4 is 11.8 Å². The van der Waals surface area contributed by atoms with Crippen LogP contribution in [0.2, 0.25) is 0 Å². The molecule has 0 bridgehead atoms. The highest BCUT2D eigenvalue weighted by atomic mass is 16.5. The van der Waals surface area contributed by atoms with Crippen LogP contribution in [-0.2, 0) is 17.7 Å². The fraction of sp³-hybridized carbons (Fsp3) is 0.714. The van der Waals surface area contributed by atoms with Crippen molar-refractivity contribution in [2.75, 3.05) is 26.9 Å². The van der Waals surface area contributed by atoms with Gasteiger partial charge in [-0.3, -0.25) is 0 Å². The Morgan fingerprint density at radius 1 is 1.50 bits per heavy atom. The highest BCUT2D eigenvalue weighted by Gasteiger charge is 2.40. The Hall–Kier alpha value is -1.56. The summed E-state index contributed by atoms with van der Waals surface area (Å²) in [6.45, 7) is 2.79. The van der Waals surface area contributed by atoms with Gasteiger partial charge in [0.05, 0.1) is 7.11 Å². The lowest BCUT2D eigenvalue weighted by Gasteiger charge is -2.47. The third-order valence-electron chi connectivity index (χ3n) is 4.47. The van der Waals surface area contributed by atoms with E-state index in [9.17, 15) is 4.79 Å². The van der Waals surface area contributed by atoms with Gasteiger partial charge in [0, 0.05) is 18.5 Å². The Bertz CT molecular complexity index is 504. The molecule has 1 heterocycles. The number of nitrogens with two attached hydrogens (primary N) is 1. The SMILES string of the molecule is CCc1nc(C(=O)OC)c(N)n1CC1(N(C)C)CCC1. The number of carbonyl (C=O) groups is 1. The molecule has 0 saturated heterocycles. The fourth-order valence-electron chi connectivity index (χ4n) is 2.83. The number of likely N-dealkylation sites (N-methyl/N-ethyl adjacent to an activating group) is 1. The summed E-state index contributed by atoms with van der Waals surface area (Å²) in [6, 6.07) is 0. The van der Waals surface area contributed by atoms with E-state index in [1.165, 1.54) is 13.5 Å². The van der Waals surface area contributed by atoms with Crippen LogP contribution in [0.25, 0.3) is 0 Å². The predicted molar refractivity (Wildman–Crippen MR) is 77.6 cm³/mol. The summed E-state index contributed by atoms with van der Waals surface area (Å²) in [6.07, 6.45) is 4.27. The number of rotatable bonds is 5. The molecular weight excluding hydrogens is 256 g/mol. The number of carbonyl (C=O) groups excluding carboxylic acids is 1. The van der Waals surface area contributed by atoms with E-state index < -0.39 is 5.97 Å². The summed E-state index contributed by atoms with van der Waals surface area (Å²) in [4.78, 5) is 18.3. The summed E-state index contributed by atoms with van der Waals surface area (Å²) in [5.41, 5.74) is 6.49. The van der Waals surface area contributed by atoms with Crippen molar-refractivity contribution in [3.63, 3.8) is 0 Å². The van der Waals surface area contributed by atoms with Crippen LogP contribution in [0.3, 0.4) is 0 Å². The first-order valence-electron chi connectivity index (χ1n) is 7.06. The Balaban J connectivity index is 2.36. The molecule has 0 spiro atoms. The molecule has 1 saturated carbocycles. The number of ether oxygens (including phenoxy) is 1. The average molecular weight is 280 g/mol. The largest absolute Gasteiger partial charge is 0.464 e. The molecule has 0 unspecified atom stereocenters. The second-order valence-corrected chi connectivity index (χ2v) is 5.67. The number of esters is 1. The third kappa shape index (κ3) is 2.28. The normalized spacial score (nSPS) is 17.1. The van der Waals surface area contributed by atoms with E-state index in [4.69, 9.17) is 10.5 Å². The van der Waals surface area contributed by atoms with E-state index in [1.807, 2.05) is 11.5 Å². The van der Waals surface area contributed by atoms with Crippen LogP contribution in [0.4, 0.5) is 5.82 Å². The smallest absolute Gasteiger partial charge is 0.360 e. The van der Waals surface area contributed by atoms with Gasteiger partial charge in [-0.25, -0.2) is 9.78 Å². The number of anilines is 1. The first-order chi connectivity index (χ1) is 9.45. The minimum Gasteiger partial charge on any atom is -0.464 e. The van der Waals surface area contributed by atoms with E-state index in [1.54, 1.807) is 0 Å². The minimum absolute atomic E-state index is 0.131. The number of nitrogens with zero attached hydrogens (tertiary/aromatic N) is 3. The van der Waals surface area contributed by atoms with Crippen molar-refractivity contribution in [3.05, 3.63) is 11.5 Å². The summed E-state index contributed by atoms with van der Waals surface area (Å²) in [7, 11) is 5.54. The average Bonchev–Trinajstić information content (AvgIpc) is 2.69. The Morgan fingerprint density at radius 2 is 2.15 bits per heavy atom. The molecule has 1 aromatic heterocycles. The van der Waals surface area contributed by atoms with Crippen molar-refractivity contribution in [2.24, 2.45) is 0 Å². The van der Waals surface area contributed by atoms with Crippen molar-refractivity contribution in [3.8, 4) is 0 Å². The van der Waals surface area contributed by atoms with Crippen LogP contribution >= 0.6 is 0 Å². The summed E-state index contributed by atoms with van der Waals surface area (Å²) >= 11 is 0. The number of methoxy groups -OCH3 is 1. The van der Waals surface area contributed by atoms with Crippen LogP contribution in [0.1, 0.15) is 42.5 Å². The van der Waals surface area contributed by atoms with E-state index in [-0.39, 0.29) is 11.2 Å². The zero-order chi connectivity index (χ0) is 14.9. The third-order valence-corrected chi connectivity index (χ3v) is 4.47. The lowest BCUT2D eigenvalue weighted by Crippen LogP contribution is -2.53. The first-order valence-corrected chi connectivity index (χ1v) is 7.06. The van der Waals surface area contributed by atoms with E-state index in [0.29, 0.717) is 5.82 Å². The number of hydrogen-bond donors (Lipinski definition) is 1. The monoisotopic (exact) mass is 280 g/mol. The van der Waals surface area contributed by atoms with Crippen molar-refractivity contribution in [1.29, 1.82) is 0 Å². The maximum absolute atomic E-state index is 11.7. The van der Waals surface area contributed by atoms with Gasteiger partial charge in [-0.05, 0) is 33.4 Å². The van der Waals surface area contributed by atoms with E-state index in [0.717, 1.165) is 31.6 Å². The standard InChI is InChI=1S/C14H24N4O2/c1-5-10-16-11(13(19)20-4)12(15)18(10)9-14(17(2)3)7-6-8-14/h5-9,15H2,1-4H3. The maximum atomic E-state index is 11.7. The van der Waals surface area contributed by atoms with Gasteiger partial charge in [0.2, 0.25) is 0 Å². The van der Waals surface area contributed by atoms with Crippen LogP contribution < -0.4 is 5.73 Å². The van der Waals surface area contributed by atoms with Gasteiger partial charge in [-0.1, -0.05) is 6.92 Å². The van der Waals surface area contributed by atoms with Gasteiger partial charge in [0.1, 0.15) is 11.6 Å². The van der Waals surface area contributed by atoms with Crippen LogP contribution in [-0.4, -0.2) is 47.2 Å². The van der Waals surface area contributed by atoms with Crippen molar-refractivity contribution in [2.45, 2.75) is 44.7 Å². The molecule has 6 heteroatoms. The molecule has 1 aromatic rings. The lowest BCUT2D eigenvalue weighted by molar-refractivity contribution is 0.0421. The number of hydrogen-bond acceptors (Lipinski definition) is 5. The Labute approximate surface area is 119 Å². The molecule has 1 fully saturated rings.